The summed E-state index contributed by atoms with van der Waals surface area (Å²) < 4.78 is 0. The molecular formula is C10H18N2O. The molecule has 0 aromatic rings. The highest BCUT2D eigenvalue weighted by Gasteiger charge is 2.00. The third-order valence-electron chi connectivity index (χ3n) is 1.84. The van der Waals surface area contributed by atoms with E-state index in [1.54, 1.807) is 0 Å². The number of amides is 1. The molecule has 0 aliphatic carbocycles. The molecule has 0 fully saturated rings. The molecule has 1 atom stereocenters. The van der Waals surface area contributed by atoms with Crippen LogP contribution < -0.4 is 10.6 Å². The SMILES string of the molecule is C#CCNC(=O)CCNC(C)CC. The lowest BCUT2D eigenvalue weighted by molar-refractivity contribution is -0.120. The Morgan fingerprint density at radius 3 is 2.85 bits per heavy atom. The second-order valence-electron chi connectivity index (χ2n) is 2.99. The highest BCUT2D eigenvalue weighted by atomic mass is 16.1. The van der Waals surface area contributed by atoms with Gasteiger partial charge in [0.25, 0.3) is 0 Å². The zero-order valence-electron chi connectivity index (χ0n) is 8.39. The van der Waals surface area contributed by atoms with Crippen molar-refractivity contribution in [3.63, 3.8) is 0 Å². The van der Waals surface area contributed by atoms with Crippen LogP contribution in [0.1, 0.15) is 26.7 Å². The van der Waals surface area contributed by atoms with E-state index < -0.39 is 0 Å². The summed E-state index contributed by atoms with van der Waals surface area (Å²) >= 11 is 0. The van der Waals surface area contributed by atoms with E-state index in [4.69, 9.17) is 6.42 Å². The van der Waals surface area contributed by atoms with Crippen molar-refractivity contribution in [1.29, 1.82) is 0 Å². The topological polar surface area (TPSA) is 41.1 Å². The fraction of sp³-hybridized carbons (Fsp3) is 0.700. The minimum absolute atomic E-state index is 0.00810. The van der Waals surface area contributed by atoms with E-state index in [0.29, 0.717) is 25.6 Å². The molecule has 1 unspecified atom stereocenters. The van der Waals surface area contributed by atoms with E-state index in [2.05, 4.69) is 30.4 Å². The quantitative estimate of drug-likeness (QED) is 0.588. The Kier molecular flexibility index (Phi) is 7.04. The summed E-state index contributed by atoms with van der Waals surface area (Å²) in [5.74, 6) is 2.36. The first-order chi connectivity index (χ1) is 6.20. The minimum atomic E-state index is 0.00810. The van der Waals surface area contributed by atoms with Crippen LogP contribution in [0.2, 0.25) is 0 Å². The Morgan fingerprint density at radius 2 is 2.31 bits per heavy atom. The van der Waals surface area contributed by atoms with Gasteiger partial charge in [-0.25, -0.2) is 0 Å². The molecule has 0 rings (SSSR count). The lowest BCUT2D eigenvalue weighted by Gasteiger charge is -2.10. The van der Waals surface area contributed by atoms with Crippen molar-refractivity contribution in [2.75, 3.05) is 13.1 Å². The maximum Gasteiger partial charge on any atom is 0.222 e. The van der Waals surface area contributed by atoms with E-state index in [-0.39, 0.29) is 5.91 Å². The summed E-state index contributed by atoms with van der Waals surface area (Å²) in [6, 6.07) is 0.473. The molecule has 3 nitrogen and oxygen atoms in total. The van der Waals surface area contributed by atoms with Crippen molar-refractivity contribution in [2.45, 2.75) is 32.7 Å². The first-order valence-electron chi connectivity index (χ1n) is 4.64. The Balaban J connectivity index is 3.32. The number of hydrogen-bond donors (Lipinski definition) is 2. The van der Waals surface area contributed by atoms with Gasteiger partial charge in [-0.2, -0.15) is 0 Å². The molecule has 0 aliphatic heterocycles. The average Bonchev–Trinajstić information content (AvgIpc) is 2.14. The second-order valence-corrected chi connectivity index (χ2v) is 2.99. The molecule has 0 spiro atoms. The first kappa shape index (κ1) is 12.0. The fourth-order valence-corrected chi connectivity index (χ4v) is 0.814. The van der Waals surface area contributed by atoms with Gasteiger partial charge in [0.1, 0.15) is 0 Å². The first-order valence-corrected chi connectivity index (χ1v) is 4.64. The van der Waals surface area contributed by atoms with Crippen molar-refractivity contribution in [2.24, 2.45) is 0 Å². The van der Waals surface area contributed by atoms with Crippen molar-refractivity contribution in [3.8, 4) is 12.3 Å². The van der Waals surface area contributed by atoms with E-state index in [9.17, 15) is 4.79 Å². The van der Waals surface area contributed by atoms with Crippen LogP contribution in [0, 0.1) is 12.3 Å². The number of carbonyl (C=O) groups excluding carboxylic acids is 1. The molecule has 0 heterocycles. The number of hydrogen-bond acceptors (Lipinski definition) is 2. The maximum atomic E-state index is 11.0. The third-order valence-corrected chi connectivity index (χ3v) is 1.84. The summed E-state index contributed by atoms with van der Waals surface area (Å²) in [7, 11) is 0. The average molecular weight is 182 g/mol. The number of nitrogens with one attached hydrogen (secondary N) is 2. The van der Waals surface area contributed by atoms with Crippen LogP contribution in [-0.2, 0) is 4.79 Å². The molecule has 0 saturated heterocycles. The molecule has 3 heteroatoms. The number of rotatable bonds is 6. The van der Waals surface area contributed by atoms with Crippen LogP contribution in [0.5, 0.6) is 0 Å². The molecule has 0 aromatic heterocycles. The summed E-state index contributed by atoms with van der Waals surface area (Å²) in [5.41, 5.74) is 0. The molecule has 0 saturated carbocycles. The van der Waals surface area contributed by atoms with Crippen molar-refractivity contribution >= 4 is 5.91 Å². The van der Waals surface area contributed by atoms with Crippen LogP contribution >= 0.6 is 0 Å². The lowest BCUT2D eigenvalue weighted by atomic mass is 10.2. The molecule has 0 aromatic carbocycles. The summed E-state index contributed by atoms with van der Waals surface area (Å²) in [4.78, 5) is 11.0. The maximum absolute atomic E-state index is 11.0. The molecule has 0 aliphatic rings. The second kappa shape index (κ2) is 7.63. The van der Waals surface area contributed by atoms with Gasteiger partial charge < -0.3 is 10.6 Å². The van der Waals surface area contributed by atoms with Crippen LogP contribution in [-0.4, -0.2) is 25.0 Å². The van der Waals surface area contributed by atoms with E-state index >= 15 is 0 Å². The zero-order chi connectivity index (χ0) is 10.1. The Bertz CT molecular complexity index is 184. The largest absolute Gasteiger partial charge is 0.345 e. The van der Waals surface area contributed by atoms with Gasteiger partial charge in [0.2, 0.25) is 5.91 Å². The van der Waals surface area contributed by atoms with Gasteiger partial charge in [0, 0.05) is 19.0 Å². The molecule has 0 bridgehead atoms. The van der Waals surface area contributed by atoms with E-state index in [0.717, 1.165) is 6.42 Å². The van der Waals surface area contributed by atoms with Gasteiger partial charge in [-0.05, 0) is 13.3 Å². The number of carbonyl (C=O) groups is 1. The predicted molar refractivity (Wildman–Crippen MR) is 54.2 cm³/mol. The van der Waals surface area contributed by atoms with Gasteiger partial charge in [-0.1, -0.05) is 12.8 Å². The van der Waals surface area contributed by atoms with Crippen LogP contribution in [0.3, 0.4) is 0 Å². The normalized spacial score (nSPS) is 11.8. The van der Waals surface area contributed by atoms with Crippen molar-refractivity contribution in [1.82, 2.24) is 10.6 Å². The highest BCUT2D eigenvalue weighted by Crippen LogP contribution is 1.87. The van der Waals surface area contributed by atoms with E-state index in [1.807, 2.05) is 0 Å². The summed E-state index contributed by atoms with van der Waals surface area (Å²) in [6.45, 7) is 5.24. The fourth-order valence-electron chi connectivity index (χ4n) is 0.814. The Hall–Kier alpha value is -1.01. The Labute approximate surface area is 80.3 Å². The highest BCUT2D eigenvalue weighted by molar-refractivity contribution is 5.76. The van der Waals surface area contributed by atoms with Crippen molar-refractivity contribution < 1.29 is 4.79 Å². The van der Waals surface area contributed by atoms with Gasteiger partial charge in [-0.3, -0.25) is 4.79 Å². The standard InChI is InChI=1S/C10H18N2O/c1-4-7-12-10(13)6-8-11-9(3)5-2/h1,9,11H,5-8H2,2-3H3,(H,12,13). The van der Waals surface area contributed by atoms with Crippen LogP contribution in [0.15, 0.2) is 0 Å². The van der Waals surface area contributed by atoms with Gasteiger partial charge in [-0.15, -0.1) is 6.42 Å². The van der Waals surface area contributed by atoms with Crippen LogP contribution in [0.25, 0.3) is 0 Å². The molecular weight excluding hydrogens is 164 g/mol. The molecule has 74 valence electrons. The summed E-state index contributed by atoms with van der Waals surface area (Å²) in [6.07, 6.45) is 6.56. The van der Waals surface area contributed by atoms with Gasteiger partial charge in [0.15, 0.2) is 0 Å². The van der Waals surface area contributed by atoms with Crippen molar-refractivity contribution in [3.05, 3.63) is 0 Å². The molecule has 13 heavy (non-hydrogen) atoms. The monoisotopic (exact) mass is 182 g/mol. The zero-order valence-corrected chi connectivity index (χ0v) is 8.39. The third kappa shape index (κ3) is 7.35. The Morgan fingerprint density at radius 1 is 1.62 bits per heavy atom. The van der Waals surface area contributed by atoms with Gasteiger partial charge >= 0.3 is 0 Å². The molecule has 0 radical (unpaired) electrons. The van der Waals surface area contributed by atoms with Crippen LogP contribution in [0.4, 0.5) is 0 Å². The summed E-state index contributed by atoms with van der Waals surface area (Å²) in [5, 5.41) is 5.84. The lowest BCUT2D eigenvalue weighted by Crippen LogP contribution is -2.31. The minimum Gasteiger partial charge on any atom is -0.345 e. The predicted octanol–water partition coefficient (Wildman–Crippen LogP) is 0.514. The molecule has 1 amide bonds. The van der Waals surface area contributed by atoms with E-state index in [1.165, 1.54) is 0 Å². The number of terminal acetylenes is 1. The molecule has 2 N–H and O–H groups in total. The van der Waals surface area contributed by atoms with Gasteiger partial charge in [0.05, 0.1) is 6.54 Å². The smallest absolute Gasteiger partial charge is 0.222 e.